The van der Waals surface area contributed by atoms with Crippen LogP contribution in [-0.2, 0) is 20.2 Å². The van der Waals surface area contributed by atoms with Crippen LogP contribution in [0.1, 0.15) is 122 Å². The molecule has 0 bridgehead atoms. The summed E-state index contributed by atoms with van der Waals surface area (Å²) < 4.78 is 67.1. The largest absolute Gasteiger partial charge is 0.294 e. The number of aliphatic imine (C=N–C) groups is 2. The van der Waals surface area contributed by atoms with Gasteiger partial charge in [0.1, 0.15) is 0 Å². The van der Waals surface area contributed by atoms with E-state index in [-0.39, 0.29) is 33.5 Å². The van der Waals surface area contributed by atoms with E-state index in [2.05, 4.69) is 0 Å². The summed E-state index contributed by atoms with van der Waals surface area (Å²) in [5.74, 6) is -0.133. The lowest BCUT2D eigenvalue weighted by Gasteiger charge is -2.19. The van der Waals surface area contributed by atoms with Crippen molar-refractivity contribution in [2.24, 2.45) is 9.98 Å². The average Bonchev–Trinajstić information content (AvgIpc) is 2.76. The van der Waals surface area contributed by atoms with E-state index in [0.717, 1.165) is 33.7 Å². The first kappa shape index (κ1) is 32.8. The lowest BCUT2D eigenvalue weighted by molar-refractivity contribution is 0.480. The summed E-state index contributed by atoms with van der Waals surface area (Å²) >= 11 is 0. The summed E-state index contributed by atoms with van der Waals surface area (Å²) in [7, 11) is -8.74. The molecule has 39 heavy (non-hydrogen) atoms. The number of benzene rings is 2. The third-order valence-electron chi connectivity index (χ3n) is 6.49. The van der Waals surface area contributed by atoms with Gasteiger partial charge >= 0.3 is 0 Å². The van der Waals surface area contributed by atoms with Crippen LogP contribution in [0.3, 0.4) is 0 Å². The Labute approximate surface area is 234 Å². The Bertz CT molecular complexity index is 1330. The summed E-state index contributed by atoms with van der Waals surface area (Å²) in [6.07, 6.45) is 0.435. The first-order valence-electron chi connectivity index (χ1n) is 13.1. The Morgan fingerprint density at radius 3 is 1.00 bits per heavy atom. The molecule has 0 fully saturated rings. The van der Waals surface area contributed by atoms with Crippen LogP contribution in [0.4, 0.5) is 11.4 Å². The minimum atomic E-state index is -4.37. The fourth-order valence-electron chi connectivity index (χ4n) is 4.45. The molecule has 8 nitrogen and oxygen atoms in total. The van der Waals surface area contributed by atoms with Gasteiger partial charge in [0.25, 0.3) is 20.2 Å². The van der Waals surface area contributed by atoms with E-state index in [1.807, 2.05) is 69.2 Å². The van der Waals surface area contributed by atoms with E-state index in [0.29, 0.717) is 17.8 Å². The van der Waals surface area contributed by atoms with Gasteiger partial charge in [-0.25, -0.2) is 0 Å². The summed E-state index contributed by atoms with van der Waals surface area (Å²) in [5.41, 5.74) is 5.85. The molecule has 0 aliphatic carbocycles. The van der Waals surface area contributed by atoms with E-state index < -0.39 is 20.2 Å². The first-order chi connectivity index (χ1) is 17.7. The molecule has 0 saturated carbocycles. The van der Waals surface area contributed by atoms with Gasteiger partial charge in [-0.15, -0.1) is 0 Å². The molecule has 216 valence electrons. The van der Waals surface area contributed by atoms with Crippen molar-refractivity contribution < 1.29 is 25.9 Å². The Hall–Kier alpha value is -2.40. The van der Waals surface area contributed by atoms with Crippen molar-refractivity contribution in [3.63, 3.8) is 0 Å². The van der Waals surface area contributed by atoms with E-state index in [9.17, 15) is 25.9 Å². The highest BCUT2D eigenvalue weighted by atomic mass is 32.2. The van der Waals surface area contributed by atoms with Gasteiger partial charge in [-0.05, 0) is 84.0 Å². The maximum atomic E-state index is 11.9. The van der Waals surface area contributed by atoms with Gasteiger partial charge in [0.15, 0.2) is 0 Å². The van der Waals surface area contributed by atoms with Gasteiger partial charge in [-0.1, -0.05) is 55.4 Å². The zero-order valence-electron chi connectivity index (χ0n) is 24.6. The van der Waals surface area contributed by atoms with Crippen molar-refractivity contribution in [1.29, 1.82) is 0 Å². The van der Waals surface area contributed by atoms with Gasteiger partial charge < -0.3 is 0 Å². The smallest absolute Gasteiger partial charge is 0.282 e. The molecule has 0 aromatic heterocycles. The molecule has 0 heterocycles. The monoisotopic (exact) mass is 578 g/mol. The minimum Gasteiger partial charge on any atom is -0.282 e. The van der Waals surface area contributed by atoms with Crippen molar-refractivity contribution in [3.8, 4) is 0 Å². The zero-order chi connectivity index (χ0) is 30.0. The molecule has 0 spiro atoms. The molecule has 10 heteroatoms. The highest BCUT2D eigenvalue weighted by molar-refractivity contribution is 7.86. The maximum Gasteiger partial charge on any atom is 0.294 e. The number of rotatable bonds is 10. The molecular weight excluding hydrogens is 536 g/mol. The van der Waals surface area contributed by atoms with Gasteiger partial charge in [0.2, 0.25) is 0 Å². The minimum absolute atomic E-state index is 0.0333. The second kappa shape index (κ2) is 12.4. The van der Waals surface area contributed by atoms with Gasteiger partial charge in [-0.3, -0.25) is 19.1 Å². The van der Waals surface area contributed by atoms with E-state index in [1.54, 1.807) is 0 Å². The molecule has 2 aromatic rings. The summed E-state index contributed by atoms with van der Waals surface area (Å²) in [5, 5.41) is 0. The Morgan fingerprint density at radius 2 is 0.821 bits per heavy atom. The van der Waals surface area contributed by atoms with Crippen LogP contribution in [0.25, 0.3) is 0 Å². The van der Waals surface area contributed by atoms with Crippen LogP contribution in [0, 0.1) is 0 Å². The molecule has 2 aromatic carbocycles. The molecule has 0 unspecified atom stereocenters. The van der Waals surface area contributed by atoms with Crippen molar-refractivity contribution in [1.82, 2.24) is 0 Å². The standard InChI is InChI=1S/C29H42N2O6S2/c1-16(2)24-12-22(38(32,33)34)13-25(17(3)4)28(24)30-20(9)11-21(10)31-29-26(18(5)6)14-23(39(35,36)37)15-27(29)19(7)8/h12-19H,11H2,1-10H3,(H,32,33,34)(H,35,36,37). The molecule has 0 aliphatic heterocycles. The summed E-state index contributed by atoms with van der Waals surface area (Å²) in [4.78, 5) is 9.55. The van der Waals surface area contributed by atoms with E-state index in [1.165, 1.54) is 24.3 Å². The molecule has 2 N–H and O–H groups in total. The summed E-state index contributed by atoms with van der Waals surface area (Å²) in [6.45, 7) is 19.4. The second-order valence-corrected chi connectivity index (χ2v) is 14.2. The molecule has 0 aliphatic rings. The highest BCUT2D eigenvalue weighted by Crippen LogP contribution is 2.39. The molecule has 2 rings (SSSR count). The van der Waals surface area contributed by atoms with Crippen LogP contribution in [0.5, 0.6) is 0 Å². The fourth-order valence-corrected chi connectivity index (χ4v) is 5.55. The SMILES string of the molecule is CC(CC(C)=Nc1c(C(C)C)cc(S(=O)(=O)O)cc1C(C)C)=Nc1c(C(C)C)cc(S(=O)(=O)O)cc1C(C)C. The van der Waals surface area contributed by atoms with Gasteiger partial charge in [0, 0.05) is 17.8 Å². The lowest BCUT2D eigenvalue weighted by atomic mass is 9.92. The van der Waals surface area contributed by atoms with Crippen LogP contribution < -0.4 is 0 Å². The first-order valence-corrected chi connectivity index (χ1v) is 16.0. The predicted octanol–water partition coefficient (Wildman–Crippen LogP) is 7.95. The molecule has 0 amide bonds. The number of nitrogens with zero attached hydrogens (tertiary/aromatic N) is 2. The lowest BCUT2D eigenvalue weighted by Crippen LogP contribution is -2.07. The van der Waals surface area contributed by atoms with Crippen LogP contribution in [-0.4, -0.2) is 37.4 Å². The zero-order valence-corrected chi connectivity index (χ0v) is 26.2. The van der Waals surface area contributed by atoms with Crippen molar-refractivity contribution in [2.75, 3.05) is 0 Å². The second-order valence-electron chi connectivity index (χ2n) is 11.3. The maximum absolute atomic E-state index is 11.9. The Morgan fingerprint density at radius 1 is 0.590 bits per heavy atom. The fraction of sp³-hybridized carbons (Fsp3) is 0.517. The van der Waals surface area contributed by atoms with E-state index >= 15 is 0 Å². The van der Waals surface area contributed by atoms with Crippen molar-refractivity contribution in [2.45, 2.75) is 109 Å². The Balaban J connectivity index is 2.67. The molecule has 0 atom stereocenters. The molecule has 0 saturated heterocycles. The average molecular weight is 579 g/mol. The van der Waals surface area contributed by atoms with Crippen LogP contribution >= 0.6 is 0 Å². The normalized spacial score (nSPS) is 13.8. The molecular formula is C29H42N2O6S2. The highest BCUT2D eigenvalue weighted by Gasteiger charge is 2.22. The predicted molar refractivity (Wildman–Crippen MR) is 159 cm³/mol. The van der Waals surface area contributed by atoms with Crippen molar-refractivity contribution >= 4 is 43.0 Å². The van der Waals surface area contributed by atoms with Gasteiger partial charge in [-0.2, -0.15) is 16.8 Å². The third kappa shape index (κ3) is 8.30. The number of hydrogen-bond donors (Lipinski definition) is 2. The number of hydrogen-bond acceptors (Lipinski definition) is 6. The summed E-state index contributed by atoms with van der Waals surface area (Å²) in [6, 6.07) is 5.94. The Kier molecular flexibility index (Phi) is 10.4. The van der Waals surface area contributed by atoms with E-state index in [4.69, 9.17) is 9.98 Å². The third-order valence-corrected chi connectivity index (χ3v) is 8.15. The van der Waals surface area contributed by atoms with Gasteiger partial charge in [0.05, 0.1) is 21.2 Å². The van der Waals surface area contributed by atoms with Crippen LogP contribution in [0.2, 0.25) is 0 Å². The topological polar surface area (TPSA) is 133 Å². The quantitative estimate of drug-likeness (QED) is 0.217. The van der Waals surface area contributed by atoms with Crippen LogP contribution in [0.15, 0.2) is 44.0 Å². The molecule has 0 radical (unpaired) electrons. The van der Waals surface area contributed by atoms with Crippen molar-refractivity contribution in [3.05, 3.63) is 46.5 Å².